The van der Waals surface area contributed by atoms with Crippen molar-refractivity contribution in [3.8, 4) is 5.88 Å². The fourth-order valence-electron chi connectivity index (χ4n) is 1.22. The lowest BCUT2D eigenvalue weighted by molar-refractivity contribution is 0.0951. The number of ether oxygens (including phenoxy) is 2. The summed E-state index contributed by atoms with van der Waals surface area (Å²) in [7, 11) is 0. The van der Waals surface area contributed by atoms with Crippen LogP contribution in [0.4, 0.5) is 0 Å². The molecule has 0 aliphatic rings. The molecule has 1 heterocycles. The zero-order chi connectivity index (χ0) is 11.8. The third kappa shape index (κ3) is 3.98. The number of pyridine rings is 1. The summed E-state index contributed by atoms with van der Waals surface area (Å²) in [6.45, 7) is 5.20. The second-order valence-corrected chi connectivity index (χ2v) is 3.37. The fourth-order valence-corrected chi connectivity index (χ4v) is 1.22. The highest BCUT2D eigenvalue weighted by Gasteiger charge is 2.08. The van der Waals surface area contributed by atoms with Gasteiger partial charge in [0.1, 0.15) is 6.61 Å². The highest BCUT2D eigenvalue weighted by Crippen LogP contribution is 2.14. The molecule has 1 rings (SSSR count). The van der Waals surface area contributed by atoms with Gasteiger partial charge in [-0.15, -0.1) is 0 Å². The molecule has 16 heavy (non-hydrogen) atoms. The normalized spacial score (nSPS) is 10.1. The third-order valence-corrected chi connectivity index (χ3v) is 1.97. The molecule has 0 unspecified atom stereocenters. The second-order valence-electron chi connectivity index (χ2n) is 3.37. The number of ketones is 1. The van der Waals surface area contributed by atoms with E-state index in [9.17, 15) is 4.79 Å². The predicted molar refractivity (Wildman–Crippen MR) is 60.8 cm³/mol. The van der Waals surface area contributed by atoms with Crippen molar-refractivity contribution in [2.24, 2.45) is 0 Å². The van der Waals surface area contributed by atoms with E-state index in [1.54, 1.807) is 18.3 Å². The monoisotopic (exact) mass is 223 g/mol. The van der Waals surface area contributed by atoms with Crippen molar-refractivity contribution in [1.29, 1.82) is 0 Å². The van der Waals surface area contributed by atoms with E-state index in [-0.39, 0.29) is 5.78 Å². The van der Waals surface area contributed by atoms with Gasteiger partial charge in [-0.25, -0.2) is 4.98 Å². The summed E-state index contributed by atoms with van der Waals surface area (Å²) in [6, 6.07) is 3.43. The van der Waals surface area contributed by atoms with Crippen LogP contribution in [0.1, 0.15) is 30.6 Å². The van der Waals surface area contributed by atoms with E-state index >= 15 is 0 Å². The van der Waals surface area contributed by atoms with Crippen molar-refractivity contribution < 1.29 is 14.3 Å². The minimum absolute atomic E-state index is 0.0439. The average Bonchev–Trinajstić information content (AvgIpc) is 2.29. The molecule has 0 aromatic carbocycles. The molecule has 1 aromatic rings. The number of nitrogens with zero attached hydrogens (tertiary/aromatic N) is 1. The summed E-state index contributed by atoms with van der Waals surface area (Å²) in [5.41, 5.74) is 0.512. The maximum atomic E-state index is 11.3. The van der Waals surface area contributed by atoms with Crippen LogP contribution < -0.4 is 4.74 Å². The molecule has 0 fully saturated rings. The minimum atomic E-state index is -0.0439. The van der Waals surface area contributed by atoms with E-state index in [2.05, 4.69) is 4.98 Å². The molecular formula is C12H17NO3. The highest BCUT2D eigenvalue weighted by molar-refractivity contribution is 5.96. The SMILES string of the molecule is CCCOCCOc1ncccc1C(C)=O. The standard InChI is InChI=1S/C12H17NO3/c1-3-7-15-8-9-16-12-11(10(2)14)5-4-6-13-12/h4-6H,3,7-9H2,1-2H3. The Bertz CT molecular complexity index is 339. The number of aromatic nitrogens is 1. The van der Waals surface area contributed by atoms with E-state index in [4.69, 9.17) is 9.47 Å². The lowest BCUT2D eigenvalue weighted by Gasteiger charge is -2.08. The topological polar surface area (TPSA) is 48.4 Å². The van der Waals surface area contributed by atoms with Gasteiger partial charge in [0, 0.05) is 12.8 Å². The van der Waals surface area contributed by atoms with E-state index in [1.165, 1.54) is 6.92 Å². The summed E-state index contributed by atoms with van der Waals surface area (Å²) in [4.78, 5) is 15.3. The van der Waals surface area contributed by atoms with Crippen LogP contribution in [0.5, 0.6) is 5.88 Å². The van der Waals surface area contributed by atoms with Crippen LogP contribution >= 0.6 is 0 Å². The zero-order valence-electron chi connectivity index (χ0n) is 9.73. The van der Waals surface area contributed by atoms with Crippen molar-refractivity contribution in [2.45, 2.75) is 20.3 Å². The smallest absolute Gasteiger partial charge is 0.224 e. The minimum Gasteiger partial charge on any atom is -0.475 e. The molecule has 1 aromatic heterocycles. The number of rotatable bonds is 7. The quantitative estimate of drug-likeness (QED) is 0.524. The first-order valence-corrected chi connectivity index (χ1v) is 5.42. The summed E-state index contributed by atoms with van der Waals surface area (Å²) in [5, 5.41) is 0. The average molecular weight is 223 g/mol. The van der Waals surface area contributed by atoms with Gasteiger partial charge in [-0.05, 0) is 25.5 Å². The van der Waals surface area contributed by atoms with Gasteiger partial charge < -0.3 is 9.47 Å². The maximum absolute atomic E-state index is 11.3. The predicted octanol–water partition coefficient (Wildman–Crippen LogP) is 2.09. The summed E-state index contributed by atoms with van der Waals surface area (Å²) in [6.07, 6.45) is 2.59. The first-order chi connectivity index (χ1) is 7.75. The number of carbonyl (C=O) groups excluding carboxylic acids is 1. The van der Waals surface area contributed by atoms with Crippen LogP contribution in [0.3, 0.4) is 0 Å². The van der Waals surface area contributed by atoms with Crippen LogP contribution in [0, 0.1) is 0 Å². The third-order valence-electron chi connectivity index (χ3n) is 1.97. The molecule has 0 N–H and O–H groups in total. The molecular weight excluding hydrogens is 206 g/mol. The van der Waals surface area contributed by atoms with E-state index in [0.29, 0.717) is 24.7 Å². The molecule has 88 valence electrons. The molecule has 0 amide bonds. The number of carbonyl (C=O) groups is 1. The molecule has 0 aliphatic heterocycles. The zero-order valence-corrected chi connectivity index (χ0v) is 9.73. The molecule has 0 radical (unpaired) electrons. The van der Waals surface area contributed by atoms with Crippen molar-refractivity contribution >= 4 is 5.78 Å². The maximum Gasteiger partial charge on any atom is 0.224 e. The van der Waals surface area contributed by atoms with Gasteiger partial charge in [-0.2, -0.15) is 0 Å². The Kier molecular flexibility index (Phi) is 5.50. The Balaban J connectivity index is 2.44. The van der Waals surface area contributed by atoms with Gasteiger partial charge >= 0.3 is 0 Å². The summed E-state index contributed by atoms with van der Waals surface area (Å²) < 4.78 is 10.7. The fraction of sp³-hybridized carbons (Fsp3) is 0.500. The molecule has 0 saturated carbocycles. The van der Waals surface area contributed by atoms with E-state index in [1.807, 2.05) is 6.92 Å². The van der Waals surface area contributed by atoms with Gasteiger partial charge in [0.25, 0.3) is 0 Å². The lowest BCUT2D eigenvalue weighted by Crippen LogP contribution is -2.10. The Morgan fingerprint density at radius 2 is 2.19 bits per heavy atom. The van der Waals surface area contributed by atoms with Crippen molar-refractivity contribution in [1.82, 2.24) is 4.98 Å². The Labute approximate surface area is 95.6 Å². The number of hydrogen-bond acceptors (Lipinski definition) is 4. The van der Waals surface area contributed by atoms with Gasteiger partial charge in [-0.3, -0.25) is 4.79 Å². The summed E-state index contributed by atoms with van der Waals surface area (Å²) in [5.74, 6) is 0.340. The molecule has 0 bridgehead atoms. The molecule has 4 heteroatoms. The van der Waals surface area contributed by atoms with Crippen molar-refractivity contribution in [3.05, 3.63) is 23.9 Å². The Morgan fingerprint density at radius 1 is 1.38 bits per heavy atom. The van der Waals surface area contributed by atoms with Crippen LogP contribution in [0.25, 0.3) is 0 Å². The van der Waals surface area contributed by atoms with Gasteiger partial charge in [0.15, 0.2) is 5.78 Å². The molecule has 0 spiro atoms. The van der Waals surface area contributed by atoms with Crippen LogP contribution in [0.15, 0.2) is 18.3 Å². The van der Waals surface area contributed by atoms with Crippen LogP contribution in [-0.2, 0) is 4.74 Å². The van der Waals surface area contributed by atoms with E-state index < -0.39 is 0 Å². The number of Topliss-reactive ketones (excluding diaryl/α,β-unsaturated/α-hetero) is 1. The lowest BCUT2D eigenvalue weighted by atomic mass is 10.2. The molecule has 0 atom stereocenters. The highest BCUT2D eigenvalue weighted by atomic mass is 16.5. The Hall–Kier alpha value is -1.42. The summed E-state index contributed by atoms with van der Waals surface area (Å²) >= 11 is 0. The van der Waals surface area contributed by atoms with Crippen LogP contribution in [-0.4, -0.2) is 30.6 Å². The largest absolute Gasteiger partial charge is 0.475 e. The second kappa shape index (κ2) is 6.95. The first-order valence-electron chi connectivity index (χ1n) is 5.42. The van der Waals surface area contributed by atoms with Gasteiger partial charge in [-0.1, -0.05) is 6.92 Å². The van der Waals surface area contributed by atoms with Crippen LogP contribution in [0.2, 0.25) is 0 Å². The van der Waals surface area contributed by atoms with Gasteiger partial charge in [0.05, 0.1) is 12.2 Å². The van der Waals surface area contributed by atoms with Crippen molar-refractivity contribution in [3.63, 3.8) is 0 Å². The molecule has 0 aliphatic carbocycles. The molecule has 0 saturated heterocycles. The number of hydrogen-bond donors (Lipinski definition) is 0. The Morgan fingerprint density at radius 3 is 2.88 bits per heavy atom. The van der Waals surface area contributed by atoms with Crippen molar-refractivity contribution in [2.75, 3.05) is 19.8 Å². The van der Waals surface area contributed by atoms with E-state index in [0.717, 1.165) is 13.0 Å². The first kappa shape index (κ1) is 12.6. The molecule has 4 nitrogen and oxygen atoms in total. The van der Waals surface area contributed by atoms with Gasteiger partial charge in [0.2, 0.25) is 5.88 Å².